The van der Waals surface area contributed by atoms with E-state index < -0.39 is 5.97 Å². The van der Waals surface area contributed by atoms with Crippen LogP contribution < -0.4 is 4.74 Å². The molecule has 0 bridgehead atoms. The molecule has 1 atom stereocenters. The number of aryl methyl sites for hydroxylation is 1. The number of imidazole rings is 1. The first kappa shape index (κ1) is 17.3. The van der Waals surface area contributed by atoms with Gasteiger partial charge in [-0.05, 0) is 43.9 Å². The lowest BCUT2D eigenvalue weighted by Gasteiger charge is -2.21. The molecule has 140 valence electrons. The molecule has 2 aromatic heterocycles. The monoisotopic (exact) mass is 366 g/mol. The zero-order chi connectivity index (χ0) is 18.8. The minimum Gasteiger partial charge on any atom is -0.493 e. The number of hydrogen-bond donors (Lipinski definition) is 1. The maximum Gasteiger partial charge on any atom is 0.357 e. The van der Waals surface area contributed by atoms with Crippen LogP contribution in [0.25, 0.3) is 11.3 Å². The number of carbonyl (C=O) groups is 1. The standard InChI is InChI=1S/C20H22N4O3/c1-3-26-20(25)19-16(10-22-23-19)17-11-21-12-24(17)13(2)14-6-7-18-15(9-14)5-4-8-27-18/h6-7,9-13H,3-5,8H2,1-2H3,(H,22,23). The molecule has 1 aliphatic heterocycles. The van der Waals surface area contributed by atoms with Crippen LogP contribution in [-0.4, -0.2) is 38.9 Å². The number of nitrogens with zero attached hydrogens (tertiary/aromatic N) is 3. The predicted octanol–water partition coefficient (Wildman–Crippen LogP) is 3.38. The number of esters is 1. The number of fused-ring (bicyclic) bond motifs is 1. The Morgan fingerprint density at radius 2 is 2.30 bits per heavy atom. The van der Waals surface area contributed by atoms with E-state index in [1.807, 2.05) is 10.6 Å². The Bertz CT molecular complexity index is 960. The molecule has 1 aliphatic rings. The first-order chi connectivity index (χ1) is 13.2. The molecule has 3 aromatic rings. The van der Waals surface area contributed by atoms with Crippen LogP contribution in [0.4, 0.5) is 0 Å². The molecular weight excluding hydrogens is 344 g/mol. The number of rotatable bonds is 5. The lowest BCUT2D eigenvalue weighted by molar-refractivity contribution is 0.0520. The largest absolute Gasteiger partial charge is 0.493 e. The Morgan fingerprint density at radius 3 is 3.15 bits per heavy atom. The zero-order valence-electron chi connectivity index (χ0n) is 15.4. The summed E-state index contributed by atoms with van der Waals surface area (Å²) >= 11 is 0. The average molecular weight is 366 g/mol. The van der Waals surface area contributed by atoms with Gasteiger partial charge in [0, 0.05) is 0 Å². The van der Waals surface area contributed by atoms with Crippen molar-refractivity contribution in [3.63, 3.8) is 0 Å². The molecule has 1 N–H and O–H groups in total. The molecule has 0 saturated carbocycles. The molecule has 27 heavy (non-hydrogen) atoms. The lowest BCUT2D eigenvalue weighted by Crippen LogP contribution is -2.12. The van der Waals surface area contributed by atoms with E-state index in [1.165, 1.54) is 11.1 Å². The fourth-order valence-electron chi connectivity index (χ4n) is 3.46. The summed E-state index contributed by atoms with van der Waals surface area (Å²) in [7, 11) is 0. The molecule has 1 aromatic carbocycles. The van der Waals surface area contributed by atoms with Crippen molar-refractivity contribution < 1.29 is 14.3 Å². The highest BCUT2D eigenvalue weighted by Gasteiger charge is 2.22. The van der Waals surface area contributed by atoms with E-state index in [0.29, 0.717) is 17.9 Å². The number of benzene rings is 1. The zero-order valence-corrected chi connectivity index (χ0v) is 15.4. The normalized spacial score (nSPS) is 14.3. The topological polar surface area (TPSA) is 82.0 Å². The minimum absolute atomic E-state index is 0.0414. The molecule has 0 amide bonds. The third kappa shape index (κ3) is 3.20. The molecule has 3 heterocycles. The molecule has 0 radical (unpaired) electrons. The van der Waals surface area contributed by atoms with Crippen molar-refractivity contribution in [3.8, 4) is 17.0 Å². The number of carbonyl (C=O) groups excluding carboxylic acids is 1. The van der Waals surface area contributed by atoms with Crippen molar-refractivity contribution in [2.75, 3.05) is 13.2 Å². The smallest absolute Gasteiger partial charge is 0.357 e. The Kier molecular flexibility index (Phi) is 4.66. The van der Waals surface area contributed by atoms with Gasteiger partial charge in [0.05, 0.1) is 49.2 Å². The summed E-state index contributed by atoms with van der Waals surface area (Å²) in [6.45, 7) is 4.98. The molecule has 1 unspecified atom stereocenters. The Hall–Kier alpha value is -3.09. The van der Waals surface area contributed by atoms with E-state index in [9.17, 15) is 4.79 Å². The summed E-state index contributed by atoms with van der Waals surface area (Å²) in [6, 6.07) is 6.36. The molecule has 7 nitrogen and oxygen atoms in total. The van der Waals surface area contributed by atoms with Crippen molar-refractivity contribution in [3.05, 3.63) is 53.7 Å². The molecule has 0 spiro atoms. The number of aromatic amines is 1. The van der Waals surface area contributed by atoms with E-state index in [1.54, 1.807) is 25.6 Å². The van der Waals surface area contributed by atoms with Gasteiger partial charge in [0.2, 0.25) is 0 Å². The number of aromatic nitrogens is 4. The fraction of sp³-hybridized carbons (Fsp3) is 0.350. The molecule has 0 fully saturated rings. The van der Waals surface area contributed by atoms with Crippen molar-refractivity contribution >= 4 is 5.97 Å². The molecule has 0 aliphatic carbocycles. The summed E-state index contributed by atoms with van der Waals surface area (Å²) < 4.78 is 12.9. The molecule has 7 heteroatoms. The van der Waals surface area contributed by atoms with Gasteiger partial charge in [-0.25, -0.2) is 9.78 Å². The lowest BCUT2D eigenvalue weighted by atomic mass is 9.99. The highest BCUT2D eigenvalue weighted by atomic mass is 16.5. The van der Waals surface area contributed by atoms with E-state index in [4.69, 9.17) is 9.47 Å². The second-order valence-corrected chi connectivity index (χ2v) is 6.56. The SMILES string of the molecule is CCOC(=O)c1[nH]ncc1-c1cncn1C(C)c1ccc2c(c1)CCCO2. The van der Waals surface area contributed by atoms with Crippen molar-refractivity contribution in [2.24, 2.45) is 0 Å². The maximum absolute atomic E-state index is 12.2. The van der Waals surface area contributed by atoms with Crippen molar-refractivity contribution in [1.29, 1.82) is 0 Å². The van der Waals surface area contributed by atoms with Crippen LogP contribution in [0.5, 0.6) is 5.75 Å². The van der Waals surface area contributed by atoms with E-state index in [0.717, 1.165) is 30.9 Å². The molecule has 0 saturated heterocycles. The van der Waals surface area contributed by atoms with E-state index >= 15 is 0 Å². The van der Waals surface area contributed by atoms with Crippen LogP contribution in [0.3, 0.4) is 0 Å². The van der Waals surface area contributed by atoms with Crippen LogP contribution in [0.15, 0.2) is 36.9 Å². The van der Waals surface area contributed by atoms with Gasteiger partial charge in [0.1, 0.15) is 5.75 Å². The highest BCUT2D eigenvalue weighted by Crippen LogP contribution is 2.32. The van der Waals surface area contributed by atoms with Crippen LogP contribution in [-0.2, 0) is 11.2 Å². The van der Waals surface area contributed by atoms with E-state index in [-0.39, 0.29) is 6.04 Å². The molecular formula is C20H22N4O3. The first-order valence-corrected chi connectivity index (χ1v) is 9.17. The van der Waals surface area contributed by atoms with Gasteiger partial charge in [0.25, 0.3) is 0 Å². The minimum atomic E-state index is -0.420. The number of nitrogens with one attached hydrogen (secondary N) is 1. The number of H-pyrrole nitrogens is 1. The Labute approximate surface area is 157 Å². The number of hydrogen-bond acceptors (Lipinski definition) is 5. The summed E-state index contributed by atoms with van der Waals surface area (Å²) in [6.07, 6.45) is 7.22. The maximum atomic E-state index is 12.2. The summed E-state index contributed by atoms with van der Waals surface area (Å²) in [5.41, 5.74) is 4.24. The van der Waals surface area contributed by atoms with Crippen LogP contribution in [0, 0.1) is 0 Å². The van der Waals surface area contributed by atoms with Gasteiger partial charge < -0.3 is 14.0 Å². The summed E-state index contributed by atoms with van der Waals surface area (Å²) in [5.74, 6) is 0.554. The summed E-state index contributed by atoms with van der Waals surface area (Å²) in [5, 5.41) is 6.77. The van der Waals surface area contributed by atoms with Gasteiger partial charge in [-0.3, -0.25) is 5.10 Å². The quantitative estimate of drug-likeness (QED) is 0.700. The highest BCUT2D eigenvalue weighted by molar-refractivity contribution is 5.94. The van der Waals surface area contributed by atoms with Gasteiger partial charge in [0.15, 0.2) is 5.69 Å². The third-order valence-corrected chi connectivity index (χ3v) is 4.89. The van der Waals surface area contributed by atoms with Crippen LogP contribution in [0.2, 0.25) is 0 Å². The van der Waals surface area contributed by atoms with Gasteiger partial charge in [-0.1, -0.05) is 12.1 Å². The number of ether oxygens (including phenoxy) is 2. The second-order valence-electron chi connectivity index (χ2n) is 6.56. The first-order valence-electron chi connectivity index (χ1n) is 9.17. The second kappa shape index (κ2) is 7.26. The fourth-order valence-corrected chi connectivity index (χ4v) is 3.46. The molecule has 4 rings (SSSR count). The van der Waals surface area contributed by atoms with E-state index in [2.05, 4.69) is 34.2 Å². The Balaban J connectivity index is 1.68. The average Bonchev–Trinajstić information content (AvgIpc) is 3.36. The predicted molar refractivity (Wildman–Crippen MR) is 99.8 cm³/mol. The Morgan fingerprint density at radius 1 is 1.41 bits per heavy atom. The van der Waals surface area contributed by atoms with Gasteiger partial charge in [-0.15, -0.1) is 0 Å². The van der Waals surface area contributed by atoms with Crippen LogP contribution >= 0.6 is 0 Å². The van der Waals surface area contributed by atoms with Gasteiger partial charge >= 0.3 is 5.97 Å². The van der Waals surface area contributed by atoms with Crippen molar-refractivity contribution in [2.45, 2.75) is 32.7 Å². The third-order valence-electron chi connectivity index (χ3n) is 4.89. The van der Waals surface area contributed by atoms with Gasteiger partial charge in [-0.2, -0.15) is 5.10 Å². The van der Waals surface area contributed by atoms with Crippen LogP contribution in [0.1, 0.15) is 47.9 Å². The van der Waals surface area contributed by atoms with Crippen molar-refractivity contribution in [1.82, 2.24) is 19.7 Å². The summed E-state index contributed by atoms with van der Waals surface area (Å²) in [4.78, 5) is 16.5.